The molecule has 1 fully saturated rings. The maximum absolute atomic E-state index is 12.6. The first-order valence-corrected chi connectivity index (χ1v) is 8.35. The minimum Gasteiger partial charge on any atom is -0.370 e. The molecule has 0 bridgehead atoms. The Morgan fingerprint density at radius 3 is 2.17 bits per heavy atom. The number of hydrogen-bond donors (Lipinski definition) is 2. The van der Waals surface area contributed by atoms with Crippen LogP contribution in [0.4, 0.5) is 5.69 Å². The van der Waals surface area contributed by atoms with Crippen molar-refractivity contribution in [3.05, 3.63) is 65.7 Å². The average molecular weight is 308 g/mol. The van der Waals surface area contributed by atoms with Crippen molar-refractivity contribution in [2.24, 2.45) is 0 Å². The third-order valence-electron chi connectivity index (χ3n) is 4.21. The van der Waals surface area contributed by atoms with Crippen LogP contribution in [0.15, 0.2) is 54.6 Å². The van der Waals surface area contributed by atoms with E-state index in [0.29, 0.717) is 12.0 Å². The first-order valence-electron chi connectivity index (χ1n) is 8.35. The fourth-order valence-corrected chi connectivity index (χ4v) is 2.59. The molecule has 120 valence electrons. The van der Waals surface area contributed by atoms with Crippen molar-refractivity contribution in [3.8, 4) is 0 Å². The fourth-order valence-electron chi connectivity index (χ4n) is 2.59. The summed E-state index contributed by atoms with van der Waals surface area (Å²) in [7, 11) is 0. The lowest BCUT2D eigenvalue weighted by atomic mass is 10.0. The van der Waals surface area contributed by atoms with Crippen molar-refractivity contribution in [2.45, 2.75) is 44.7 Å². The van der Waals surface area contributed by atoms with E-state index in [1.807, 2.05) is 30.3 Å². The Balaban J connectivity index is 1.78. The highest BCUT2D eigenvalue weighted by molar-refractivity contribution is 5.86. The van der Waals surface area contributed by atoms with Gasteiger partial charge in [0.25, 0.3) is 0 Å². The van der Waals surface area contributed by atoms with Gasteiger partial charge in [-0.1, -0.05) is 56.3 Å². The molecule has 3 rings (SSSR count). The van der Waals surface area contributed by atoms with E-state index >= 15 is 0 Å². The topological polar surface area (TPSA) is 41.1 Å². The summed E-state index contributed by atoms with van der Waals surface area (Å²) < 4.78 is 0. The minimum absolute atomic E-state index is 0.0478. The van der Waals surface area contributed by atoms with Crippen molar-refractivity contribution in [3.63, 3.8) is 0 Å². The van der Waals surface area contributed by atoms with Crippen molar-refractivity contribution in [1.29, 1.82) is 0 Å². The SMILES string of the molecule is CC(C)c1ccc(N[C@@H](C(=O)NC2CC2)c2ccccc2)cc1. The number of benzene rings is 2. The summed E-state index contributed by atoms with van der Waals surface area (Å²) in [5.74, 6) is 0.554. The number of hydrogen-bond acceptors (Lipinski definition) is 2. The Morgan fingerprint density at radius 2 is 1.61 bits per heavy atom. The standard InChI is InChI=1S/C20H24N2O/c1-14(2)15-8-10-17(11-9-15)21-19(16-6-4-3-5-7-16)20(23)22-18-12-13-18/h3-11,14,18-19,21H,12-13H2,1-2H3,(H,22,23)/t19-/m1/s1. The van der Waals surface area contributed by atoms with Gasteiger partial charge in [-0.05, 0) is 42.0 Å². The molecule has 0 heterocycles. The molecule has 0 radical (unpaired) electrons. The molecule has 1 atom stereocenters. The van der Waals surface area contributed by atoms with Crippen molar-refractivity contribution >= 4 is 11.6 Å². The molecule has 0 unspecified atom stereocenters. The average Bonchev–Trinajstić information content (AvgIpc) is 3.37. The Morgan fingerprint density at radius 1 is 0.957 bits per heavy atom. The second-order valence-corrected chi connectivity index (χ2v) is 6.55. The second-order valence-electron chi connectivity index (χ2n) is 6.55. The quantitative estimate of drug-likeness (QED) is 0.838. The molecule has 3 heteroatoms. The van der Waals surface area contributed by atoms with Crippen molar-refractivity contribution in [1.82, 2.24) is 5.32 Å². The zero-order chi connectivity index (χ0) is 16.2. The molecule has 0 aliphatic heterocycles. The van der Waals surface area contributed by atoms with Gasteiger partial charge in [0.1, 0.15) is 6.04 Å². The highest BCUT2D eigenvalue weighted by Gasteiger charge is 2.28. The number of nitrogens with one attached hydrogen (secondary N) is 2. The molecule has 1 amide bonds. The van der Waals surface area contributed by atoms with E-state index in [1.165, 1.54) is 5.56 Å². The maximum Gasteiger partial charge on any atom is 0.247 e. The van der Waals surface area contributed by atoms with Crippen LogP contribution in [0, 0.1) is 0 Å². The van der Waals surface area contributed by atoms with Crippen molar-refractivity contribution in [2.75, 3.05) is 5.32 Å². The molecule has 1 aliphatic carbocycles. The van der Waals surface area contributed by atoms with Gasteiger partial charge in [0.2, 0.25) is 5.91 Å². The highest BCUT2D eigenvalue weighted by atomic mass is 16.2. The van der Waals surface area contributed by atoms with Crippen LogP contribution in [0.2, 0.25) is 0 Å². The summed E-state index contributed by atoms with van der Waals surface area (Å²) in [6.07, 6.45) is 2.19. The predicted octanol–water partition coefficient (Wildman–Crippen LogP) is 4.24. The van der Waals surface area contributed by atoms with E-state index in [1.54, 1.807) is 0 Å². The van der Waals surface area contributed by atoms with Gasteiger partial charge in [-0.15, -0.1) is 0 Å². The summed E-state index contributed by atoms with van der Waals surface area (Å²) in [4.78, 5) is 12.6. The summed E-state index contributed by atoms with van der Waals surface area (Å²) in [5, 5.41) is 6.48. The van der Waals surface area contributed by atoms with Gasteiger partial charge in [0.05, 0.1) is 0 Å². The molecule has 2 aromatic rings. The highest BCUT2D eigenvalue weighted by Crippen LogP contribution is 2.25. The van der Waals surface area contributed by atoms with E-state index < -0.39 is 0 Å². The van der Waals surface area contributed by atoms with Gasteiger partial charge in [0.15, 0.2) is 0 Å². The van der Waals surface area contributed by atoms with Gasteiger partial charge in [0, 0.05) is 11.7 Å². The molecule has 1 aliphatic rings. The first-order chi connectivity index (χ1) is 11.1. The summed E-state index contributed by atoms with van der Waals surface area (Å²) in [5.41, 5.74) is 3.25. The van der Waals surface area contributed by atoms with Gasteiger partial charge in [-0.3, -0.25) is 4.79 Å². The van der Waals surface area contributed by atoms with Crippen LogP contribution < -0.4 is 10.6 Å². The Hall–Kier alpha value is -2.29. The zero-order valence-corrected chi connectivity index (χ0v) is 13.8. The lowest BCUT2D eigenvalue weighted by Gasteiger charge is -2.20. The fraction of sp³-hybridized carbons (Fsp3) is 0.350. The monoisotopic (exact) mass is 308 g/mol. The number of amides is 1. The van der Waals surface area contributed by atoms with Gasteiger partial charge >= 0.3 is 0 Å². The van der Waals surface area contributed by atoms with Crippen LogP contribution in [0.3, 0.4) is 0 Å². The molecule has 23 heavy (non-hydrogen) atoms. The van der Waals surface area contributed by atoms with E-state index in [2.05, 4.69) is 48.7 Å². The summed E-state index contributed by atoms with van der Waals surface area (Å²) >= 11 is 0. The van der Waals surface area contributed by atoms with E-state index in [4.69, 9.17) is 0 Å². The molecule has 0 spiro atoms. The molecule has 3 nitrogen and oxygen atoms in total. The van der Waals surface area contributed by atoms with Crippen LogP contribution in [0.1, 0.15) is 49.8 Å². The second kappa shape index (κ2) is 6.86. The molecule has 2 N–H and O–H groups in total. The molecular formula is C20H24N2O. The Kier molecular flexibility index (Phi) is 4.65. The number of carbonyl (C=O) groups excluding carboxylic acids is 1. The van der Waals surface area contributed by atoms with Crippen LogP contribution in [0.25, 0.3) is 0 Å². The lowest BCUT2D eigenvalue weighted by molar-refractivity contribution is -0.122. The third kappa shape index (κ3) is 4.13. The van der Waals surface area contributed by atoms with E-state index in [0.717, 1.165) is 24.1 Å². The van der Waals surface area contributed by atoms with Crippen LogP contribution in [0.5, 0.6) is 0 Å². The van der Waals surface area contributed by atoms with Gasteiger partial charge in [-0.25, -0.2) is 0 Å². The van der Waals surface area contributed by atoms with Crippen LogP contribution in [-0.4, -0.2) is 11.9 Å². The van der Waals surface area contributed by atoms with E-state index in [9.17, 15) is 4.79 Å². The molecule has 2 aromatic carbocycles. The number of rotatable bonds is 6. The third-order valence-corrected chi connectivity index (χ3v) is 4.21. The summed E-state index contributed by atoms with van der Waals surface area (Å²) in [6, 6.07) is 18.2. The van der Waals surface area contributed by atoms with Gasteiger partial charge in [-0.2, -0.15) is 0 Å². The van der Waals surface area contributed by atoms with Gasteiger partial charge < -0.3 is 10.6 Å². The largest absolute Gasteiger partial charge is 0.370 e. The van der Waals surface area contributed by atoms with Crippen molar-refractivity contribution < 1.29 is 4.79 Å². The molecular weight excluding hydrogens is 284 g/mol. The normalized spacial score (nSPS) is 15.3. The van der Waals surface area contributed by atoms with E-state index in [-0.39, 0.29) is 11.9 Å². The smallest absolute Gasteiger partial charge is 0.247 e. The lowest BCUT2D eigenvalue weighted by Crippen LogP contribution is -2.34. The zero-order valence-electron chi connectivity index (χ0n) is 13.8. The predicted molar refractivity (Wildman–Crippen MR) is 94.5 cm³/mol. The summed E-state index contributed by atoms with van der Waals surface area (Å²) in [6.45, 7) is 4.36. The first kappa shape index (κ1) is 15.6. The molecule has 0 aromatic heterocycles. The Bertz CT molecular complexity index is 645. The van der Waals surface area contributed by atoms with Crippen LogP contribution in [-0.2, 0) is 4.79 Å². The van der Waals surface area contributed by atoms with Crippen LogP contribution >= 0.6 is 0 Å². The Labute approximate surface area is 138 Å². The molecule has 0 saturated heterocycles. The number of carbonyl (C=O) groups is 1. The molecule has 1 saturated carbocycles. The maximum atomic E-state index is 12.6. The number of anilines is 1. The minimum atomic E-state index is -0.360.